The predicted octanol–water partition coefficient (Wildman–Crippen LogP) is 1.39. The van der Waals surface area contributed by atoms with E-state index in [0.29, 0.717) is 17.8 Å². The number of nitrogens with two attached hydrogens (primary N) is 1. The quantitative estimate of drug-likeness (QED) is 0.864. The number of nitrogens with zero attached hydrogens (tertiary/aromatic N) is 4. The zero-order chi connectivity index (χ0) is 15.0. The van der Waals surface area contributed by atoms with E-state index in [-0.39, 0.29) is 5.91 Å². The Balaban J connectivity index is 1.80. The van der Waals surface area contributed by atoms with Crippen LogP contribution in [0.2, 0.25) is 0 Å². The van der Waals surface area contributed by atoms with E-state index in [1.54, 1.807) is 18.0 Å². The van der Waals surface area contributed by atoms with Crippen LogP contribution in [0.1, 0.15) is 34.0 Å². The third kappa shape index (κ3) is 2.37. The normalized spacial score (nSPS) is 13.2. The van der Waals surface area contributed by atoms with Gasteiger partial charge in [-0.3, -0.25) is 4.79 Å². The summed E-state index contributed by atoms with van der Waals surface area (Å²) in [6.45, 7) is 3.28. The van der Waals surface area contributed by atoms with Gasteiger partial charge in [-0.2, -0.15) is 0 Å². The molecule has 1 aromatic heterocycles. The number of aromatic nitrogens is 3. The highest BCUT2D eigenvalue weighted by Gasteiger charge is 2.21. The molecule has 6 nitrogen and oxygen atoms in total. The highest BCUT2D eigenvalue weighted by Crippen LogP contribution is 2.20. The largest absolute Gasteiger partial charge is 0.398 e. The molecule has 0 bridgehead atoms. The fourth-order valence-corrected chi connectivity index (χ4v) is 2.68. The molecule has 0 aliphatic carbocycles. The molecule has 0 saturated heterocycles. The lowest BCUT2D eigenvalue weighted by Crippen LogP contribution is -2.28. The van der Waals surface area contributed by atoms with Crippen molar-refractivity contribution in [3.05, 3.63) is 41.0 Å². The van der Waals surface area contributed by atoms with Gasteiger partial charge in [-0.1, -0.05) is 12.1 Å². The number of amides is 1. The van der Waals surface area contributed by atoms with Crippen LogP contribution in [0.15, 0.2) is 18.2 Å². The number of aryl methyl sites for hydroxylation is 2. The van der Waals surface area contributed by atoms with Crippen molar-refractivity contribution in [2.75, 3.05) is 12.8 Å². The Kier molecular flexibility index (Phi) is 3.37. The molecule has 0 radical (unpaired) electrons. The summed E-state index contributed by atoms with van der Waals surface area (Å²) < 4.78 is 2.10. The topological polar surface area (TPSA) is 77.0 Å². The van der Waals surface area contributed by atoms with Gasteiger partial charge in [0.1, 0.15) is 5.82 Å². The average molecular weight is 285 g/mol. The summed E-state index contributed by atoms with van der Waals surface area (Å²) in [7, 11) is 1.76. The first-order chi connectivity index (χ1) is 10.1. The molecule has 21 heavy (non-hydrogen) atoms. The molecule has 1 amide bonds. The molecule has 1 aromatic carbocycles. The summed E-state index contributed by atoms with van der Waals surface area (Å²) in [5.41, 5.74) is 8.00. The Labute approximate surface area is 123 Å². The molecule has 6 heteroatoms. The average Bonchev–Trinajstić information content (AvgIpc) is 3.06. The maximum atomic E-state index is 12.5. The first-order valence-corrected chi connectivity index (χ1v) is 7.09. The molecule has 3 rings (SSSR count). The highest BCUT2D eigenvalue weighted by molar-refractivity contribution is 5.99. The van der Waals surface area contributed by atoms with Crippen LogP contribution in [0.25, 0.3) is 0 Å². The van der Waals surface area contributed by atoms with E-state index in [1.807, 2.05) is 19.1 Å². The SMILES string of the molecule is Cc1cccc(C(=O)N(C)Cc2nnc3n2CCC3)c1N. The monoisotopic (exact) mass is 285 g/mol. The summed E-state index contributed by atoms with van der Waals surface area (Å²) in [5, 5.41) is 8.35. The Bertz CT molecular complexity index is 691. The van der Waals surface area contributed by atoms with E-state index in [4.69, 9.17) is 5.73 Å². The van der Waals surface area contributed by atoms with Crippen LogP contribution in [-0.4, -0.2) is 32.6 Å². The molecule has 1 aliphatic rings. The van der Waals surface area contributed by atoms with E-state index in [0.717, 1.165) is 36.6 Å². The lowest BCUT2D eigenvalue weighted by Gasteiger charge is -2.18. The third-order valence-electron chi connectivity index (χ3n) is 3.97. The Morgan fingerprint density at radius 3 is 3.05 bits per heavy atom. The molecule has 110 valence electrons. The van der Waals surface area contributed by atoms with Crippen molar-refractivity contribution in [3.8, 4) is 0 Å². The molecule has 0 atom stereocenters. The van der Waals surface area contributed by atoms with Gasteiger partial charge in [-0.15, -0.1) is 10.2 Å². The summed E-state index contributed by atoms with van der Waals surface area (Å²) in [4.78, 5) is 14.2. The van der Waals surface area contributed by atoms with Crippen LogP contribution in [0.3, 0.4) is 0 Å². The Morgan fingerprint density at radius 2 is 2.24 bits per heavy atom. The number of hydrogen-bond donors (Lipinski definition) is 1. The van der Waals surface area contributed by atoms with Gasteiger partial charge in [-0.25, -0.2) is 0 Å². The van der Waals surface area contributed by atoms with Gasteiger partial charge in [0, 0.05) is 25.7 Å². The van der Waals surface area contributed by atoms with Gasteiger partial charge in [0.2, 0.25) is 0 Å². The second kappa shape index (κ2) is 5.20. The van der Waals surface area contributed by atoms with E-state index in [9.17, 15) is 4.79 Å². The number of nitrogen functional groups attached to an aromatic ring is 1. The van der Waals surface area contributed by atoms with Crippen LogP contribution in [-0.2, 0) is 19.5 Å². The van der Waals surface area contributed by atoms with Gasteiger partial charge < -0.3 is 15.2 Å². The minimum Gasteiger partial charge on any atom is -0.398 e. The van der Waals surface area contributed by atoms with Gasteiger partial charge in [-0.05, 0) is 25.0 Å². The number of rotatable bonds is 3. The summed E-state index contributed by atoms with van der Waals surface area (Å²) in [6.07, 6.45) is 2.07. The second-order valence-corrected chi connectivity index (χ2v) is 5.49. The van der Waals surface area contributed by atoms with Crippen molar-refractivity contribution in [1.29, 1.82) is 0 Å². The molecule has 0 fully saturated rings. The number of fused-ring (bicyclic) bond motifs is 1. The Morgan fingerprint density at radius 1 is 1.43 bits per heavy atom. The van der Waals surface area contributed by atoms with Crippen molar-refractivity contribution >= 4 is 11.6 Å². The Hall–Kier alpha value is -2.37. The van der Waals surface area contributed by atoms with Crippen molar-refractivity contribution in [3.63, 3.8) is 0 Å². The lowest BCUT2D eigenvalue weighted by atomic mass is 10.1. The number of anilines is 1. The van der Waals surface area contributed by atoms with Crippen LogP contribution in [0.4, 0.5) is 5.69 Å². The zero-order valence-electron chi connectivity index (χ0n) is 12.3. The van der Waals surface area contributed by atoms with Gasteiger partial charge in [0.05, 0.1) is 12.1 Å². The van der Waals surface area contributed by atoms with E-state index in [2.05, 4.69) is 14.8 Å². The number of carbonyl (C=O) groups is 1. The number of para-hydroxylation sites is 1. The fraction of sp³-hybridized carbons (Fsp3) is 0.400. The van der Waals surface area contributed by atoms with E-state index < -0.39 is 0 Å². The van der Waals surface area contributed by atoms with Gasteiger partial charge >= 0.3 is 0 Å². The van der Waals surface area contributed by atoms with E-state index >= 15 is 0 Å². The minimum absolute atomic E-state index is 0.0912. The fourth-order valence-electron chi connectivity index (χ4n) is 2.68. The molecule has 0 spiro atoms. The summed E-state index contributed by atoms with van der Waals surface area (Å²) in [6, 6.07) is 5.51. The molecule has 0 saturated carbocycles. The first kappa shape index (κ1) is 13.6. The number of hydrogen-bond acceptors (Lipinski definition) is 4. The van der Waals surface area contributed by atoms with Gasteiger partial charge in [0.25, 0.3) is 5.91 Å². The first-order valence-electron chi connectivity index (χ1n) is 7.09. The highest BCUT2D eigenvalue weighted by atomic mass is 16.2. The second-order valence-electron chi connectivity index (χ2n) is 5.49. The molecular formula is C15H19N5O. The maximum absolute atomic E-state index is 12.5. The standard InChI is InChI=1S/C15H19N5O/c1-10-5-3-6-11(14(10)16)15(21)19(2)9-13-18-17-12-7-4-8-20(12)13/h3,5-6H,4,7-9,16H2,1-2H3. The summed E-state index contributed by atoms with van der Waals surface area (Å²) in [5.74, 6) is 1.76. The van der Waals surface area contributed by atoms with E-state index in [1.165, 1.54) is 0 Å². The van der Waals surface area contributed by atoms with Crippen LogP contribution >= 0.6 is 0 Å². The summed E-state index contributed by atoms with van der Waals surface area (Å²) >= 11 is 0. The molecule has 2 aromatic rings. The predicted molar refractivity (Wildman–Crippen MR) is 79.7 cm³/mol. The molecule has 0 unspecified atom stereocenters. The van der Waals surface area contributed by atoms with Crippen LogP contribution in [0, 0.1) is 6.92 Å². The van der Waals surface area contributed by atoms with Crippen LogP contribution < -0.4 is 5.73 Å². The minimum atomic E-state index is -0.0912. The van der Waals surface area contributed by atoms with Crippen LogP contribution in [0.5, 0.6) is 0 Å². The van der Waals surface area contributed by atoms with Crippen molar-refractivity contribution in [2.45, 2.75) is 32.9 Å². The van der Waals surface area contributed by atoms with Gasteiger partial charge in [0.15, 0.2) is 5.82 Å². The maximum Gasteiger partial charge on any atom is 0.256 e. The number of carbonyl (C=O) groups excluding carboxylic acids is 1. The lowest BCUT2D eigenvalue weighted by molar-refractivity contribution is 0.0781. The van der Waals surface area contributed by atoms with Crippen molar-refractivity contribution < 1.29 is 4.79 Å². The molecule has 1 aliphatic heterocycles. The van der Waals surface area contributed by atoms with Crippen molar-refractivity contribution in [1.82, 2.24) is 19.7 Å². The van der Waals surface area contributed by atoms with Crippen molar-refractivity contribution in [2.24, 2.45) is 0 Å². The smallest absolute Gasteiger partial charge is 0.256 e. The zero-order valence-corrected chi connectivity index (χ0v) is 12.3. The number of benzene rings is 1. The molecule has 2 heterocycles. The molecular weight excluding hydrogens is 266 g/mol. The third-order valence-corrected chi connectivity index (χ3v) is 3.97. The molecule has 2 N–H and O–H groups in total.